The Morgan fingerprint density at radius 3 is 1.37 bits per heavy atom. The van der Waals surface area contributed by atoms with E-state index < -0.39 is 11.9 Å². The number of rotatable bonds is 6. The van der Waals surface area contributed by atoms with Crippen LogP contribution in [-0.2, 0) is 10.8 Å². The molecular formula is C34H30O4. The van der Waals surface area contributed by atoms with Crippen molar-refractivity contribution >= 4 is 11.9 Å². The van der Waals surface area contributed by atoms with Crippen molar-refractivity contribution < 1.29 is 19.1 Å². The predicted octanol–water partition coefficient (Wildman–Crippen LogP) is 7.06. The van der Waals surface area contributed by atoms with Crippen LogP contribution in [-0.4, -0.2) is 11.9 Å². The fourth-order valence-corrected chi connectivity index (χ4v) is 3.59. The van der Waals surface area contributed by atoms with Crippen LogP contribution in [0.25, 0.3) is 0 Å². The molecule has 3 aromatic carbocycles. The fraction of sp³-hybridized carbons (Fsp3) is 0.176. The molecule has 0 atom stereocenters. The summed E-state index contributed by atoms with van der Waals surface area (Å²) in [7, 11) is 0. The van der Waals surface area contributed by atoms with E-state index in [2.05, 4.69) is 36.8 Å². The number of hydrogen-bond donors (Lipinski definition) is 0. The van der Waals surface area contributed by atoms with Gasteiger partial charge in [0.05, 0.1) is 22.0 Å². The standard InChI is InChI=1S/C34H30O4/c1-7-9-22-33(3,4)27-14-18-29(19-15-27)37-31(35)25-12-11-13-26(24-25)32(36)38-30-20-16-28(17-21-30)34(5,6)23-10-8-2/h7-8,11-21,24H,1-2H2,3-6H3. The molecule has 4 nitrogen and oxygen atoms in total. The summed E-state index contributed by atoms with van der Waals surface area (Å²) < 4.78 is 11.0. The first-order valence-corrected chi connectivity index (χ1v) is 12.1. The van der Waals surface area contributed by atoms with Crippen molar-refractivity contribution in [3.05, 3.63) is 120 Å². The molecule has 0 spiro atoms. The molecule has 3 aromatic rings. The van der Waals surface area contributed by atoms with Crippen molar-refractivity contribution in [1.82, 2.24) is 0 Å². The molecule has 4 heteroatoms. The summed E-state index contributed by atoms with van der Waals surface area (Å²) in [5, 5.41) is 0. The van der Waals surface area contributed by atoms with Crippen LogP contribution in [0.5, 0.6) is 11.5 Å². The van der Waals surface area contributed by atoms with Crippen LogP contribution < -0.4 is 9.47 Å². The van der Waals surface area contributed by atoms with E-state index in [0.717, 1.165) is 11.1 Å². The molecule has 0 amide bonds. The Kier molecular flexibility index (Phi) is 8.74. The molecule has 0 radical (unpaired) electrons. The van der Waals surface area contributed by atoms with Gasteiger partial charge in [-0.1, -0.05) is 67.2 Å². The van der Waals surface area contributed by atoms with E-state index in [0.29, 0.717) is 11.5 Å². The molecule has 0 saturated carbocycles. The maximum absolute atomic E-state index is 12.8. The van der Waals surface area contributed by atoms with Gasteiger partial charge in [-0.05, 0) is 93.4 Å². The minimum atomic E-state index is -0.578. The average Bonchev–Trinajstić information content (AvgIpc) is 2.91. The Balaban J connectivity index is 1.68. The second-order valence-electron chi connectivity index (χ2n) is 9.61. The van der Waals surface area contributed by atoms with Crippen molar-refractivity contribution in [3.63, 3.8) is 0 Å². The normalized spacial score (nSPS) is 10.6. The first-order valence-electron chi connectivity index (χ1n) is 12.1. The highest BCUT2D eigenvalue weighted by atomic mass is 16.5. The Morgan fingerprint density at radius 2 is 1.03 bits per heavy atom. The fourth-order valence-electron chi connectivity index (χ4n) is 3.59. The zero-order chi connectivity index (χ0) is 27.8. The van der Waals surface area contributed by atoms with Gasteiger partial charge in [0.25, 0.3) is 0 Å². The van der Waals surface area contributed by atoms with Gasteiger partial charge in [-0.25, -0.2) is 9.59 Å². The molecule has 0 saturated heterocycles. The Hall–Kier alpha value is -4.80. The van der Waals surface area contributed by atoms with Gasteiger partial charge in [0.2, 0.25) is 0 Å². The highest BCUT2D eigenvalue weighted by Crippen LogP contribution is 2.26. The monoisotopic (exact) mass is 502 g/mol. The molecule has 0 aliphatic carbocycles. The van der Waals surface area contributed by atoms with Crippen LogP contribution in [0.15, 0.2) is 98.1 Å². The Labute approximate surface area is 225 Å². The summed E-state index contributed by atoms with van der Waals surface area (Å²) >= 11 is 0. The molecule has 0 unspecified atom stereocenters. The van der Waals surface area contributed by atoms with Crippen LogP contribution in [0.4, 0.5) is 0 Å². The van der Waals surface area contributed by atoms with E-state index in [9.17, 15) is 9.59 Å². The SMILES string of the molecule is C=CC#CC(C)(C)c1ccc(OC(=O)c2cccc(C(=O)Oc3ccc(C(C)(C)C#CC=C)cc3)c2)cc1. The maximum Gasteiger partial charge on any atom is 0.343 e. The van der Waals surface area contributed by atoms with Gasteiger partial charge in [0, 0.05) is 0 Å². The molecule has 3 rings (SSSR count). The highest BCUT2D eigenvalue weighted by molar-refractivity contribution is 5.96. The summed E-state index contributed by atoms with van der Waals surface area (Å²) in [5.74, 6) is 11.7. The molecule has 0 fully saturated rings. The van der Waals surface area contributed by atoms with Crippen LogP contribution in [0.3, 0.4) is 0 Å². The van der Waals surface area contributed by atoms with Crippen molar-refractivity contribution in [2.75, 3.05) is 0 Å². The number of allylic oxidation sites excluding steroid dienone is 2. The predicted molar refractivity (Wildman–Crippen MR) is 151 cm³/mol. The lowest BCUT2D eigenvalue weighted by molar-refractivity contribution is 0.0734. The number of esters is 2. The lowest BCUT2D eigenvalue weighted by Crippen LogP contribution is -2.15. The Morgan fingerprint density at radius 1 is 0.658 bits per heavy atom. The molecule has 0 aromatic heterocycles. The van der Waals surface area contributed by atoms with Gasteiger partial charge in [0.15, 0.2) is 0 Å². The lowest BCUT2D eigenvalue weighted by Gasteiger charge is -2.18. The largest absolute Gasteiger partial charge is 0.423 e. The van der Waals surface area contributed by atoms with Gasteiger partial charge in [0.1, 0.15) is 11.5 Å². The number of hydrogen-bond acceptors (Lipinski definition) is 4. The zero-order valence-electron chi connectivity index (χ0n) is 22.1. The quantitative estimate of drug-likeness (QED) is 0.206. The molecule has 190 valence electrons. The molecule has 0 aliphatic heterocycles. The van der Waals surface area contributed by atoms with Crippen LogP contribution in [0, 0.1) is 23.7 Å². The average molecular weight is 503 g/mol. The molecule has 38 heavy (non-hydrogen) atoms. The summed E-state index contributed by atoms with van der Waals surface area (Å²) in [6, 6.07) is 20.6. The van der Waals surface area contributed by atoms with Crippen molar-refractivity contribution in [2.24, 2.45) is 0 Å². The second-order valence-corrected chi connectivity index (χ2v) is 9.61. The molecular weight excluding hydrogens is 472 g/mol. The lowest BCUT2D eigenvalue weighted by atomic mass is 9.85. The van der Waals surface area contributed by atoms with Gasteiger partial charge in [-0.3, -0.25) is 0 Å². The third-order valence-electron chi connectivity index (χ3n) is 5.88. The summed E-state index contributed by atoms with van der Waals surface area (Å²) in [6.07, 6.45) is 3.11. The molecule has 0 N–H and O–H groups in total. The van der Waals surface area contributed by atoms with E-state index in [-0.39, 0.29) is 22.0 Å². The van der Waals surface area contributed by atoms with E-state index in [1.165, 1.54) is 6.07 Å². The van der Waals surface area contributed by atoms with E-state index in [4.69, 9.17) is 9.47 Å². The number of ether oxygens (including phenoxy) is 2. The first-order chi connectivity index (χ1) is 18.1. The van der Waals surface area contributed by atoms with Gasteiger partial charge >= 0.3 is 11.9 Å². The van der Waals surface area contributed by atoms with Gasteiger partial charge in [-0.2, -0.15) is 0 Å². The highest BCUT2D eigenvalue weighted by Gasteiger charge is 2.20. The molecule has 0 heterocycles. The zero-order valence-corrected chi connectivity index (χ0v) is 22.1. The second kappa shape index (κ2) is 12.0. The van der Waals surface area contributed by atoms with Crippen LogP contribution in [0.2, 0.25) is 0 Å². The topological polar surface area (TPSA) is 52.6 Å². The minimum absolute atomic E-state index is 0.235. The summed E-state index contributed by atoms with van der Waals surface area (Å²) in [4.78, 5) is 25.5. The third kappa shape index (κ3) is 7.12. The summed E-state index contributed by atoms with van der Waals surface area (Å²) in [6.45, 7) is 15.3. The van der Waals surface area contributed by atoms with E-state index in [1.807, 2.05) is 52.0 Å². The van der Waals surface area contributed by atoms with Gasteiger partial charge < -0.3 is 9.47 Å². The van der Waals surface area contributed by atoms with Crippen molar-refractivity contribution in [3.8, 4) is 35.2 Å². The van der Waals surface area contributed by atoms with Crippen molar-refractivity contribution in [1.29, 1.82) is 0 Å². The number of carbonyl (C=O) groups excluding carboxylic acids is 2. The maximum atomic E-state index is 12.8. The van der Waals surface area contributed by atoms with E-state index in [1.54, 1.807) is 54.6 Å². The molecule has 0 bridgehead atoms. The van der Waals surface area contributed by atoms with Gasteiger partial charge in [-0.15, -0.1) is 0 Å². The van der Waals surface area contributed by atoms with E-state index >= 15 is 0 Å². The van der Waals surface area contributed by atoms with Crippen molar-refractivity contribution in [2.45, 2.75) is 38.5 Å². The third-order valence-corrected chi connectivity index (χ3v) is 5.88. The minimum Gasteiger partial charge on any atom is -0.423 e. The number of carbonyl (C=O) groups is 2. The summed E-state index contributed by atoms with van der Waals surface area (Å²) in [5.41, 5.74) is 1.69. The first kappa shape index (κ1) is 27.8. The molecule has 0 aliphatic rings. The van der Waals surface area contributed by atoms with Crippen LogP contribution in [0.1, 0.15) is 59.5 Å². The Bertz CT molecular complexity index is 1350. The number of benzene rings is 3. The van der Waals surface area contributed by atoms with Crippen LogP contribution >= 0.6 is 0 Å². The smallest absolute Gasteiger partial charge is 0.343 e.